The average molecular weight is 412 g/mol. The van der Waals surface area contributed by atoms with Gasteiger partial charge in [-0.3, -0.25) is 0 Å². The van der Waals surface area contributed by atoms with Gasteiger partial charge in [-0.2, -0.15) is 0 Å². The minimum absolute atomic E-state index is 0.238. The molecule has 0 saturated carbocycles. The van der Waals surface area contributed by atoms with E-state index >= 15 is 0 Å². The van der Waals surface area contributed by atoms with Crippen LogP contribution in [0.25, 0.3) is 22.8 Å². The molecule has 29 heavy (non-hydrogen) atoms. The third-order valence-corrected chi connectivity index (χ3v) is 5.23. The highest BCUT2D eigenvalue weighted by Gasteiger charge is 2.21. The third kappa shape index (κ3) is 3.79. The van der Waals surface area contributed by atoms with Gasteiger partial charge < -0.3 is 15.0 Å². The third-order valence-electron chi connectivity index (χ3n) is 4.19. The second-order valence-electron chi connectivity index (χ2n) is 6.09. The predicted octanol–water partition coefficient (Wildman–Crippen LogP) is 3.71. The maximum atomic E-state index is 14.0. The molecular formula is C19H17FN6O2S. The minimum Gasteiger partial charge on any atom is -0.497 e. The van der Waals surface area contributed by atoms with Crippen LogP contribution in [0.2, 0.25) is 0 Å². The Kier molecular flexibility index (Phi) is 5.17. The van der Waals surface area contributed by atoms with Crippen LogP contribution in [0.3, 0.4) is 0 Å². The number of rotatable bonds is 6. The van der Waals surface area contributed by atoms with E-state index in [0.29, 0.717) is 16.9 Å². The van der Waals surface area contributed by atoms with Crippen LogP contribution in [0.4, 0.5) is 4.39 Å². The van der Waals surface area contributed by atoms with E-state index in [1.165, 1.54) is 22.5 Å². The number of ether oxygens (including phenoxy) is 1. The second-order valence-corrected chi connectivity index (χ2v) is 7.40. The summed E-state index contributed by atoms with van der Waals surface area (Å²) in [5, 5.41) is 16.4. The number of methoxy groups -OCH3 is 1. The van der Waals surface area contributed by atoms with Crippen molar-refractivity contribution in [1.29, 1.82) is 0 Å². The molecule has 4 aromatic rings. The Morgan fingerprint density at radius 2 is 1.83 bits per heavy atom. The molecule has 148 valence electrons. The smallest absolute Gasteiger partial charge is 0.247 e. The van der Waals surface area contributed by atoms with Crippen LogP contribution in [0.1, 0.15) is 18.1 Å². The van der Waals surface area contributed by atoms with Crippen molar-refractivity contribution in [2.75, 3.05) is 13.0 Å². The van der Waals surface area contributed by atoms with Crippen molar-refractivity contribution in [1.82, 2.24) is 25.1 Å². The van der Waals surface area contributed by atoms with E-state index < -0.39 is 5.82 Å². The summed E-state index contributed by atoms with van der Waals surface area (Å²) < 4.78 is 26.2. The molecule has 0 saturated heterocycles. The molecule has 0 amide bonds. The number of thioether (sulfide) groups is 1. The molecule has 2 heterocycles. The first-order chi connectivity index (χ1) is 14.1. The summed E-state index contributed by atoms with van der Waals surface area (Å²) in [6.07, 6.45) is 0. The van der Waals surface area contributed by atoms with E-state index in [1.807, 2.05) is 31.2 Å². The topological polar surface area (TPSA) is 105 Å². The van der Waals surface area contributed by atoms with Gasteiger partial charge in [-0.05, 0) is 43.3 Å². The fraction of sp³-hybridized carbons (Fsp3) is 0.158. The summed E-state index contributed by atoms with van der Waals surface area (Å²) in [5.74, 6) is 7.45. The Morgan fingerprint density at radius 1 is 1.07 bits per heavy atom. The zero-order valence-corrected chi connectivity index (χ0v) is 16.4. The van der Waals surface area contributed by atoms with Crippen molar-refractivity contribution in [2.45, 2.75) is 17.3 Å². The van der Waals surface area contributed by atoms with Gasteiger partial charge in [0, 0.05) is 5.56 Å². The Morgan fingerprint density at radius 3 is 2.55 bits per heavy atom. The highest BCUT2D eigenvalue weighted by atomic mass is 32.2. The molecule has 4 rings (SSSR count). The number of halogens is 1. The van der Waals surface area contributed by atoms with Gasteiger partial charge in [0.2, 0.25) is 16.9 Å². The van der Waals surface area contributed by atoms with E-state index in [1.54, 1.807) is 25.3 Å². The molecule has 8 nitrogen and oxygen atoms in total. The maximum Gasteiger partial charge on any atom is 0.247 e. The summed E-state index contributed by atoms with van der Waals surface area (Å²) in [7, 11) is 1.60. The van der Waals surface area contributed by atoms with E-state index in [0.717, 1.165) is 11.3 Å². The lowest BCUT2D eigenvalue weighted by Crippen LogP contribution is -2.12. The molecule has 0 spiro atoms. The van der Waals surface area contributed by atoms with Gasteiger partial charge in [-0.25, -0.2) is 9.07 Å². The van der Waals surface area contributed by atoms with E-state index in [-0.39, 0.29) is 16.6 Å². The summed E-state index contributed by atoms with van der Waals surface area (Å²) in [6, 6.07) is 13.6. The van der Waals surface area contributed by atoms with Crippen molar-refractivity contribution < 1.29 is 13.5 Å². The Bertz CT molecular complexity index is 1130. The molecule has 0 radical (unpaired) electrons. The molecule has 10 heteroatoms. The monoisotopic (exact) mass is 412 g/mol. The highest BCUT2D eigenvalue weighted by Crippen LogP contribution is 2.35. The first-order valence-electron chi connectivity index (χ1n) is 8.66. The lowest BCUT2D eigenvalue weighted by Gasteiger charge is -2.07. The number of nitrogens with two attached hydrogens (primary N) is 1. The van der Waals surface area contributed by atoms with Crippen LogP contribution in [-0.2, 0) is 0 Å². The van der Waals surface area contributed by atoms with Crippen LogP contribution in [-0.4, -0.2) is 32.2 Å². The summed E-state index contributed by atoms with van der Waals surface area (Å²) in [4.78, 5) is 0. The number of aromatic nitrogens is 5. The standard InChI is InChI=1S/C19H17FN6O2S/c1-11(17-23-24-18(28-17)12-7-9-13(27-2)10-8-12)29-19-25-22-16(26(19)21)14-5-3-4-6-15(14)20/h3-11H,21H2,1-2H3/t11-/m0/s1. The SMILES string of the molecule is COc1ccc(-c2nnc([C@H](C)Sc3nnc(-c4ccccc4F)n3N)o2)cc1. The molecule has 2 N–H and O–H groups in total. The van der Waals surface area contributed by atoms with Crippen molar-refractivity contribution in [2.24, 2.45) is 0 Å². The normalized spacial score (nSPS) is 12.1. The van der Waals surface area contributed by atoms with Crippen LogP contribution < -0.4 is 10.6 Å². The van der Waals surface area contributed by atoms with Crippen molar-refractivity contribution in [3.05, 3.63) is 60.2 Å². The molecule has 2 aromatic heterocycles. The van der Waals surface area contributed by atoms with Crippen LogP contribution >= 0.6 is 11.8 Å². The van der Waals surface area contributed by atoms with Gasteiger partial charge >= 0.3 is 0 Å². The molecule has 1 atom stereocenters. The molecule has 2 aromatic carbocycles. The van der Waals surface area contributed by atoms with Gasteiger partial charge in [0.05, 0.1) is 17.9 Å². The van der Waals surface area contributed by atoms with E-state index in [9.17, 15) is 4.39 Å². The fourth-order valence-corrected chi connectivity index (χ4v) is 3.44. The van der Waals surface area contributed by atoms with Gasteiger partial charge in [0.25, 0.3) is 0 Å². The molecule has 0 aliphatic heterocycles. The van der Waals surface area contributed by atoms with Crippen LogP contribution in [0, 0.1) is 5.82 Å². The van der Waals surface area contributed by atoms with Gasteiger partial charge in [-0.15, -0.1) is 20.4 Å². The average Bonchev–Trinajstić information content (AvgIpc) is 3.37. The van der Waals surface area contributed by atoms with Crippen LogP contribution in [0.15, 0.2) is 58.1 Å². The number of hydrogen-bond acceptors (Lipinski definition) is 8. The number of nitrogen functional groups attached to an aromatic ring is 1. The largest absolute Gasteiger partial charge is 0.497 e. The maximum absolute atomic E-state index is 14.0. The predicted molar refractivity (Wildman–Crippen MR) is 106 cm³/mol. The summed E-state index contributed by atoms with van der Waals surface area (Å²) in [5.41, 5.74) is 1.06. The lowest BCUT2D eigenvalue weighted by molar-refractivity contribution is 0.415. The molecule has 0 bridgehead atoms. The first-order valence-corrected chi connectivity index (χ1v) is 9.54. The number of hydrogen-bond donors (Lipinski definition) is 1. The minimum atomic E-state index is -0.419. The van der Waals surface area contributed by atoms with E-state index in [2.05, 4.69) is 20.4 Å². The lowest BCUT2D eigenvalue weighted by atomic mass is 10.2. The van der Waals surface area contributed by atoms with Crippen molar-refractivity contribution >= 4 is 11.8 Å². The molecule has 0 aliphatic carbocycles. The quantitative estimate of drug-likeness (QED) is 0.377. The Labute approximate surface area is 169 Å². The zero-order valence-electron chi connectivity index (χ0n) is 15.6. The van der Waals surface area contributed by atoms with Crippen molar-refractivity contribution in [3.63, 3.8) is 0 Å². The van der Waals surface area contributed by atoms with Crippen LogP contribution in [0.5, 0.6) is 5.75 Å². The Hall–Kier alpha value is -3.40. The number of benzene rings is 2. The van der Waals surface area contributed by atoms with Gasteiger partial charge in [-0.1, -0.05) is 23.9 Å². The van der Waals surface area contributed by atoms with E-state index in [4.69, 9.17) is 15.0 Å². The molecular weight excluding hydrogens is 395 g/mol. The second kappa shape index (κ2) is 7.92. The summed E-state index contributed by atoms with van der Waals surface area (Å²) in [6.45, 7) is 1.88. The Balaban J connectivity index is 1.52. The first kappa shape index (κ1) is 18.9. The summed E-state index contributed by atoms with van der Waals surface area (Å²) >= 11 is 1.28. The van der Waals surface area contributed by atoms with Gasteiger partial charge in [0.1, 0.15) is 11.6 Å². The zero-order chi connectivity index (χ0) is 20.4. The highest BCUT2D eigenvalue weighted by molar-refractivity contribution is 7.99. The number of nitrogens with zero attached hydrogens (tertiary/aromatic N) is 5. The molecule has 0 fully saturated rings. The fourth-order valence-electron chi connectivity index (χ4n) is 2.64. The molecule has 0 aliphatic rings. The van der Waals surface area contributed by atoms with Crippen molar-refractivity contribution in [3.8, 4) is 28.6 Å². The molecule has 0 unspecified atom stereocenters. The van der Waals surface area contributed by atoms with Gasteiger partial charge in [0.15, 0.2) is 5.82 Å².